The van der Waals surface area contributed by atoms with Crippen molar-refractivity contribution in [2.45, 2.75) is 12.1 Å². The molecule has 3 heterocycles. The Hall–Kier alpha value is -1.04. The Balaban J connectivity index is 1.90. The molecule has 1 N–H and O–H groups in total. The molecule has 5 heteroatoms. The Morgan fingerprint density at radius 2 is 1.95 bits per heavy atom. The molecule has 3 aliphatic heterocycles. The number of piperazine rings is 3. The van der Waals surface area contributed by atoms with Gasteiger partial charge in [-0.25, -0.2) is 8.78 Å². The third-order valence-corrected chi connectivity index (χ3v) is 4.31. The molecule has 1 aromatic rings. The van der Waals surface area contributed by atoms with Gasteiger partial charge in [-0.1, -0.05) is 0 Å². The second-order valence-electron chi connectivity index (χ2n) is 5.34. The summed E-state index contributed by atoms with van der Waals surface area (Å²) >= 11 is 0. The maximum absolute atomic E-state index is 14.0. The monoisotopic (exact) mass is 267 g/mol. The van der Waals surface area contributed by atoms with Gasteiger partial charge in [0.2, 0.25) is 0 Å². The molecular weight excluding hydrogens is 248 g/mol. The number of nitrogens with zero attached hydrogens (tertiary/aromatic N) is 2. The first-order valence-corrected chi connectivity index (χ1v) is 6.77. The molecule has 3 fully saturated rings. The van der Waals surface area contributed by atoms with E-state index in [4.69, 9.17) is 0 Å². The topological polar surface area (TPSA) is 18.5 Å². The summed E-state index contributed by atoms with van der Waals surface area (Å²) in [4.78, 5) is 4.78. The van der Waals surface area contributed by atoms with Gasteiger partial charge >= 0.3 is 0 Å². The third-order valence-electron chi connectivity index (χ3n) is 4.31. The zero-order chi connectivity index (χ0) is 13.4. The minimum atomic E-state index is -0.382. The van der Waals surface area contributed by atoms with Crippen LogP contribution in [0.5, 0.6) is 0 Å². The normalized spacial score (nSPS) is 31.4. The number of likely N-dealkylation sites (N-methyl/N-ethyl adjacent to an activating group) is 1. The van der Waals surface area contributed by atoms with Gasteiger partial charge < -0.3 is 5.32 Å². The minimum absolute atomic E-state index is 0.168. The van der Waals surface area contributed by atoms with Gasteiger partial charge in [-0.05, 0) is 25.2 Å². The van der Waals surface area contributed by atoms with Gasteiger partial charge in [0.1, 0.15) is 11.6 Å². The first-order chi connectivity index (χ1) is 9.19. The van der Waals surface area contributed by atoms with Crippen molar-refractivity contribution in [2.75, 3.05) is 39.8 Å². The molecule has 0 spiro atoms. The average Bonchev–Trinajstić information content (AvgIpc) is 2.45. The molecule has 0 aliphatic carbocycles. The number of benzene rings is 1. The summed E-state index contributed by atoms with van der Waals surface area (Å²) in [6.45, 7) is 5.11. The zero-order valence-electron chi connectivity index (χ0n) is 11.1. The van der Waals surface area contributed by atoms with Crippen molar-refractivity contribution in [3.05, 3.63) is 35.4 Å². The van der Waals surface area contributed by atoms with E-state index in [1.165, 1.54) is 18.2 Å². The first kappa shape index (κ1) is 13.0. The van der Waals surface area contributed by atoms with Crippen LogP contribution in [0.4, 0.5) is 8.78 Å². The van der Waals surface area contributed by atoms with E-state index in [2.05, 4.69) is 15.1 Å². The fraction of sp³-hybridized carbons (Fsp3) is 0.571. The molecule has 4 rings (SSSR count). The molecule has 3 nitrogen and oxygen atoms in total. The largest absolute Gasteiger partial charge is 0.312 e. The van der Waals surface area contributed by atoms with Gasteiger partial charge in [-0.15, -0.1) is 0 Å². The lowest BCUT2D eigenvalue weighted by Gasteiger charge is -2.50. The van der Waals surface area contributed by atoms with Crippen LogP contribution in [0.15, 0.2) is 18.2 Å². The van der Waals surface area contributed by atoms with Gasteiger partial charge in [0, 0.05) is 44.3 Å². The van der Waals surface area contributed by atoms with Crippen LogP contribution in [0.25, 0.3) is 0 Å². The molecule has 2 bridgehead atoms. The number of hydrogen-bond donors (Lipinski definition) is 1. The lowest BCUT2D eigenvalue weighted by Crippen LogP contribution is -2.63. The highest BCUT2D eigenvalue weighted by atomic mass is 19.1. The van der Waals surface area contributed by atoms with Crippen molar-refractivity contribution in [1.29, 1.82) is 0 Å². The van der Waals surface area contributed by atoms with Gasteiger partial charge in [0.05, 0.1) is 6.04 Å². The van der Waals surface area contributed by atoms with Gasteiger partial charge in [0.25, 0.3) is 0 Å². The number of nitrogens with one attached hydrogen (secondary N) is 1. The highest BCUT2D eigenvalue weighted by Gasteiger charge is 2.37. The van der Waals surface area contributed by atoms with Crippen molar-refractivity contribution in [3.8, 4) is 0 Å². The molecule has 2 unspecified atom stereocenters. The quantitative estimate of drug-likeness (QED) is 0.888. The first-order valence-electron chi connectivity index (χ1n) is 6.77. The van der Waals surface area contributed by atoms with E-state index in [1.807, 2.05) is 7.05 Å². The fourth-order valence-electron chi connectivity index (χ4n) is 3.28. The molecule has 0 aromatic heterocycles. The minimum Gasteiger partial charge on any atom is -0.312 e. The Labute approximate surface area is 112 Å². The number of halogens is 2. The van der Waals surface area contributed by atoms with Crippen molar-refractivity contribution in [1.82, 2.24) is 15.1 Å². The Bertz CT molecular complexity index is 458. The average molecular weight is 267 g/mol. The van der Waals surface area contributed by atoms with Crippen molar-refractivity contribution < 1.29 is 8.78 Å². The van der Waals surface area contributed by atoms with Crippen LogP contribution in [0.1, 0.15) is 11.6 Å². The van der Waals surface area contributed by atoms with E-state index in [-0.39, 0.29) is 23.7 Å². The summed E-state index contributed by atoms with van der Waals surface area (Å²) in [5, 5.41) is 3.17. The molecule has 3 saturated heterocycles. The van der Waals surface area contributed by atoms with E-state index in [9.17, 15) is 8.78 Å². The predicted molar refractivity (Wildman–Crippen MR) is 70.0 cm³/mol. The Kier molecular flexibility index (Phi) is 3.52. The summed E-state index contributed by atoms with van der Waals surface area (Å²) in [5.74, 6) is -0.716. The SMILES string of the molecule is CNC(c1cc(F)ccc1F)C1CN2CCN1CC2. The highest BCUT2D eigenvalue weighted by molar-refractivity contribution is 5.24. The Morgan fingerprint density at radius 3 is 2.53 bits per heavy atom. The molecular formula is C14H19F2N3. The van der Waals surface area contributed by atoms with Crippen LogP contribution in [0.3, 0.4) is 0 Å². The standard InChI is InChI=1S/C14H19F2N3/c1-17-14(11-8-10(15)2-3-12(11)16)13-9-18-4-6-19(13)7-5-18/h2-3,8,13-14,17H,4-7,9H2,1H3. The number of fused-ring (bicyclic) bond motifs is 3. The molecule has 0 amide bonds. The molecule has 104 valence electrons. The van der Waals surface area contributed by atoms with Crippen LogP contribution in [-0.2, 0) is 0 Å². The highest BCUT2D eigenvalue weighted by Crippen LogP contribution is 2.28. The van der Waals surface area contributed by atoms with Gasteiger partial charge in [-0.2, -0.15) is 0 Å². The molecule has 1 aromatic carbocycles. The number of hydrogen-bond acceptors (Lipinski definition) is 3. The molecule has 0 radical (unpaired) electrons. The van der Waals surface area contributed by atoms with Crippen molar-refractivity contribution in [2.24, 2.45) is 0 Å². The van der Waals surface area contributed by atoms with E-state index in [1.54, 1.807) is 0 Å². The van der Waals surface area contributed by atoms with Crippen LogP contribution in [-0.4, -0.2) is 55.6 Å². The summed E-state index contributed by atoms with van der Waals surface area (Å²) in [5.41, 5.74) is 0.432. The molecule has 19 heavy (non-hydrogen) atoms. The summed E-state index contributed by atoms with van der Waals surface area (Å²) < 4.78 is 27.3. The number of rotatable bonds is 3. The van der Waals surface area contributed by atoms with Crippen LogP contribution >= 0.6 is 0 Å². The van der Waals surface area contributed by atoms with Gasteiger partial charge in [0.15, 0.2) is 0 Å². The zero-order valence-corrected chi connectivity index (χ0v) is 11.1. The van der Waals surface area contributed by atoms with Crippen molar-refractivity contribution in [3.63, 3.8) is 0 Å². The maximum atomic E-state index is 14.0. The summed E-state index contributed by atoms with van der Waals surface area (Å²) in [6.07, 6.45) is 0. The summed E-state index contributed by atoms with van der Waals surface area (Å²) in [7, 11) is 1.81. The third kappa shape index (κ3) is 2.38. The molecule has 2 atom stereocenters. The molecule has 3 aliphatic rings. The molecule has 0 saturated carbocycles. The second-order valence-corrected chi connectivity index (χ2v) is 5.34. The van der Waals surface area contributed by atoms with E-state index < -0.39 is 0 Å². The predicted octanol–water partition coefficient (Wildman–Crippen LogP) is 1.23. The van der Waals surface area contributed by atoms with Crippen LogP contribution < -0.4 is 5.32 Å². The van der Waals surface area contributed by atoms with E-state index >= 15 is 0 Å². The fourth-order valence-corrected chi connectivity index (χ4v) is 3.28. The van der Waals surface area contributed by atoms with Gasteiger partial charge in [-0.3, -0.25) is 9.80 Å². The van der Waals surface area contributed by atoms with Crippen LogP contribution in [0.2, 0.25) is 0 Å². The Morgan fingerprint density at radius 1 is 1.21 bits per heavy atom. The smallest absolute Gasteiger partial charge is 0.128 e. The van der Waals surface area contributed by atoms with Crippen molar-refractivity contribution >= 4 is 0 Å². The second kappa shape index (κ2) is 5.15. The van der Waals surface area contributed by atoms with E-state index in [0.717, 1.165) is 32.7 Å². The maximum Gasteiger partial charge on any atom is 0.128 e. The van der Waals surface area contributed by atoms with E-state index in [0.29, 0.717) is 5.56 Å². The lowest BCUT2D eigenvalue weighted by molar-refractivity contribution is -0.00307. The van der Waals surface area contributed by atoms with Crippen LogP contribution in [0, 0.1) is 11.6 Å². The lowest BCUT2D eigenvalue weighted by atomic mass is 9.93. The summed E-state index contributed by atoms with van der Waals surface area (Å²) in [6, 6.07) is 3.74.